The quantitative estimate of drug-likeness (QED) is 0.254. The molecule has 0 atom stereocenters. The Morgan fingerprint density at radius 3 is 2.75 bits per heavy atom. The molecule has 1 aromatic carbocycles. The fraction of sp³-hybridized carbons (Fsp3) is 0.308. The van der Waals surface area contributed by atoms with Crippen LogP contribution in [0, 0.1) is 0 Å². The molecule has 1 fully saturated rings. The van der Waals surface area contributed by atoms with Crippen LogP contribution in [0.2, 0.25) is 0 Å². The van der Waals surface area contributed by atoms with Crippen molar-refractivity contribution in [1.82, 2.24) is 10.3 Å². The average Bonchev–Trinajstić information content (AvgIpc) is 3.03. The van der Waals surface area contributed by atoms with Crippen molar-refractivity contribution in [1.29, 1.82) is 0 Å². The summed E-state index contributed by atoms with van der Waals surface area (Å²) >= 11 is 4.38. The molecule has 1 amide bonds. The number of hydrogen-bond acceptors (Lipinski definition) is 1. The standard InChI is InChI=1S/C13H14N4OS.Cu/c18-12-11(9-5-1-2-6-10(9)14-12)15-16-13(19)17-7-3-4-8-17;/h1-2,5-6H,3-4,7-8H2,(H2,14,15,16,18,19);/q;+2/p+1. The first-order chi connectivity index (χ1) is 9.25. The van der Waals surface area contributed by atoms with Crippen molar-refractivity contribution < 1.29 is 21.9 Å². The summed E-state index contributed by atoms with van der Waals surface area (Å²) in [6, 6.07) is 7.54. The first-order valence-electron chi connectivity index (χ1n) is 6.28. The van der Waals surface area contributed by atoms with E-state index in [4.69, 9.17) is 0 Å². The van der Waals surface area contributed by atoms with Gasteiger partial charge >= 0.3 is 23.0 Å². The van der Waals surface area contributed by atoms with Crippen molar-refractivity contribution in [2.24, 2.45) is 4.99 Å². The molecule has 0 saturated carbocycles. The third-order valence-corrected chi connectivity index (χ3v) is 3.66. The van der Waals surface area contributed by atoms with Gasteiger partial charge in [-0.1, -0.05) is 18.2 Å². The Balaban J connectivity index is 0.00000147. The van der Waals surface area contributed by atoms with E-state index in [0.717, 1.165) is 23.7 Å². The number of carbonyl (C=O) groups excluding carboxylic acids is 1. The van der Waals surface area contributed by atoms with Crippen molar-refractivity contribution in [3.63, 3.8) is 0 Å². The first-order valence-corrected chi connectivity index (χ1v) is 6.72. The maximum atomic E-state index is 9.83. The molecule has 0 aromatic heterocycles. The van der Waals surface area contributed by atoms with Crippen LogP contribution < -0.4 is 16.0 Å². The maximum absolute atomic E-state index is 9.83. The number of benzene rings is 1. The molecule has 0 bridgehead atoms. The van der Waals surface area contributed by atoms with Gasteiger partial charge in [0.15, 0.2) is 23.0 Å². The molecule has 1 saturated heterocycles. The normalized spacial score (nSPS) is 17.4. The van der Waals surface area contributed by atoms with Gasteiger partial charge in [0.05, 0.1) is 5.36 Å². The van der Waals surface area contributed by atoms with Gasteiger partial charge in [-0.05, 0) is 18.9 Å². The summed E-state index contributed by atoms with van der Waals surface area (Å²) in [4.78, 5) is 16.0. The number of rotatable bonds is 2. The number of hydrogen-bond donors (Lipinski definition) is 1. The van der Waals surface area contributed by atoms with Crippen molar-refractivity contribution in [3.05, 3.63) is 40.3 Å². The summed E-state index contributed by atoms with van der Waals surface area (Å²) < 4.78 is 0. The Labute approximate surface area is 132 Å². The maximum Gasteiger partial charge on any atom is 2.00 e. The molecule has 107 valence electrons. The Morgan fingerprint density at radius 1 is 1.30 bits per heavy atom. The van der Waals surface area contributed by atoms with Crippen LogP contribution in [-0.2, 0) is 29.3 Å². The van der Waals surface area contributed by atoms with Gasteiger partial charge in [-0.3, -0.25) is 4.79 Å². The summed E-state index contributed by atoms with van der Waals surface area (Å²) in [5.74, 6) is -0.0347. The van der Waals surface area contributed by atoms with E-state index < -0.39 is 0 Å². The molecule has 2 aliphatic heterocycles. The van der Waals surface area contributed by atoms with E-state index in [1.165, 1.54) is 12.8 Å². The van der Waals surface area contributed by atoms with Crippen LogP contribution in [-0.4, -0.2) is 33.8 Å². The van der Waals surface area contributed by atoms with Gasteiger partial charge < -0.3 is 10.9 Å². The SMILES string of the molecule is [Cu+2].[OH+]=C1N=c2ccccc2=C1N[N-]C(=[SH+])N1CCCC1. The minimum atomic E-state index is -0.0347. The molecule has 5 nitrogen and oxygen atoms in total. The van der Waals surface area contributed by atoms with Crippen LogP contribution in [0.5, 0.6) is 0 Å². The molecule has 1 radical (unpaired) electrons. The van der Waals surface area contributed by atoms with Crippen LogP contribution in [0.1, 0.15) is 12.8 Å². The Hall–Kier alpha value is -1.11. The van der Waals surface area contributed by atoms with Crippen molar-refractivity contribution in [2.45, 2.75) is 12.8 Å². The van der Waals surface area contributed by atoms with Crippen LogP contribution in [0.3, 0.4) is 0 Å². The van der Waals surface area contributed by atoms with Crippen LogP contribution in [0.25, 0.3) is 11.1 Å². The zero-order valence-corrected chi connectivity index (χ0v) is 12.5. The number of nitrogens with one attached hydrogen (secondary N) is 1. The van der Waals surface area contributed by atoms with E-state index in [0.29, 0.717) is 10.8 Å². The van der Waals surface area contributed by atoms with Crippen molar-refractivity contribution >= 4 is 28.9 Å². The summed E-state index contributed by atoms with van der Waals surface area (Å²) in [6.07, 6.45) is 2.34. The Bertz CT molecular complexity index is 655. The third-order valence-electron chi connectivity index (χ3n) is 3.28. The number of thiol groups is 1. The molecule has 0 aliphatic carbocycles. The Kier molecular flexibility index (Phi) is 5.01. The zero-order chi connectivity index (χ0) is 13.2. The van der Waals surface area contributed by atoms with Crippen LogP contribution in [0.15, 0.2) is 29.3 Å². The summed E-state index contributed by atoms with van der Waals surface area (Å²) in [5, 5.41) is 2.24. The van der Waals surface area contributed by atoms with Crippen LogP contribution >= 0.6 is 0 Å². The van der Waals surface area contributed by atoms with Crippen LogP contribution in [0.4, 0.5) is 0 Å². The number of amides is 1. The monoisotopic (exact) mass is 338 g/mol. The minimum absolute atomic E-state index is 0. The van der Waals surface area contributed by atoms with Gasteiger partial charge in [-0.2, -0.15) is 4.99 Å². The average molecular weight is 339 g/mol. The predicted octanol–water partition coefficient (Wildman–Crippen LogP) is -0.731. The number of nitrogens with zero attached hydrogens (tertiary/aromatic N) is 3. The molecule has 2 aliphatic rings. The molecule has 0 spiro atoms. The van der Waals surface area contributed by atoms with Crippen molar-refractivity contribution in [3.8, 4) is 0 Å². The molecular weight excluding hydrogens is 324 g/mol. The zero-order valence-electron chi connectivity index (χ0n) is 10.7. The smallest absolute Gasteiger partial charge is 0.480 e. The van der Waals surface area contributed by atoms with Gasteiger partial charge in [0.2, 0.25) is 0 Å². The molecule has 7 heteroatoms. The largest absolute Gasteiger partial charge is 2.00 e. The van der Waals surface area contributed by atoms with Gasteiger partial charge in [0.1, 0.15) is 0 Å². The first kappa shape index (κ1) is 15.3. The van der Waals surface area contributed by atoms with Gasteiger partial charge in [-0.15, -0.1) is 0 Å². The third kappa shape index (κ3) is 2.97. The van der Waals surface area contributed by atoms with E-state index in [2.05, 4.69) is 33.0 Å². The number of fused-ring (bicyclic) bond motifs is 1. The molecule has 2 heterocycles. The molecule has 0 unspecified atom stereocenters. The second-order valence-corrected chi connectivity index (χ2v) is 4.95. The number of likely N-dealkylation sites (tertiary alicyclic amines) is 1. The second-order valence-electron chi connectivity index (χ2n) is 4.55. The van der Waals surface area contributed by atoms with Gasteiger partial charge in [0, 0.05) is 18.3 Å². The molecule has 3 rings (SSSR count). The van der Waals surface area contributed by atoms with Gasteiger partial charge in [-0.25, -0.2) is 4.90 Å². The summed E-state index contributed by atoms with van der Waals surface area (Å²) in [7, 11) is 0. The summed E-state index contributed by atoms with van der Waals surface area (Å²) in [5.41, 5.74) is 7.62. The van der Waals surface area contributed by atoms with E-state index in [1.807, 2.05) is 24.3 Å². The van der Waals surface area contributed by atoms with E-state index >= 15 is 0 Å². The molecule has 2 N–H and O–H groups in total. The van der Waals surface area contributed by atoms with E-state index in [1.54, 1.807) is 0 Å². The number of para-hydroxylation sites is 1. The molecular formula is C13H15CuN4OS+3. The topological polar surface area (TPSA) is 63.1 Å². The molecule has 1 aromatic rings. The second kappa shape index (κ2) is 6.56. The Morgan fingerprint density at radius 2 is 2.00 bits per heavy atom. The van der Waals surface area contributed by atoms with E-state index in [-0.39, 0.29) is 23.0 Å². The van der Waals surface area contributed by atoms with E-state index in [9.17, 15) is 4.79 Å². The predicted molar refractivity (Wildman–Crippen MR) is 78.6 cm³/mol. The van der Waals surface area contributed by atoms with Crippen molar-refractivity contribution in [2.75, 3.05) is 13.1 Å². The fourth-order valence-corrected chi connectivity index (χ4v) is 2.53. The fourth-order valence-electron chi connectivity index (χ4n) is 2.28. The minimum Gasteiger partial charge on any atom is -0.480 e. The summed E-state index contributed by atoms with van der Waals surface area (Å²) in [6.45, 7) is 1.96. The van der Waals surface area contributed by atoms with Gasteiger partial charge in [0.25, 0.3) is 0 Å². The molecule has 20 heavy (non-hydrogen) atoms.